The van der Waals surface area contributed by atoms with Gasteiger partial charge in [-0.1, -0.05) is 18.2 Å². The Morgan fingerprint density at radius 2 is 2.18 bits per heavy atom. The minimum atomic E-state index is -0.279. The summed E-state index contributed by atoms with van der Waals surface area (Å²) in [4.78, 5) is 12.4. The van der Waals surface area contributed by atoms with E-state index in [9.17, 15) is 4.79 Å². The Hall–Kier alpha value is -0.960. The summed E-state index contributed by atoms with van der Waals surface area (Å²) in [5, 5.41) is 2.75. The maximum Gasteiger partial charge on any atom is 0.250 e. The Morgan fingerprint density at radius 3 is 2.55 bits per heavy atom. The van der Waals surface area contributed by atoms with Crippen molar-refractivity contribution in [2.24, 2.45) is 0 Å². The normalized spacial score (nSPS) is 10.6. The molecule has 0 spiro atoms. The monoisotopic (exact) mass is 174 g/mol. The Labute approximate surface area is 71.3 Å². The van der Waals surface area contributed by atoms with Crippen LogP contribution in [0.3, 0.4) is 0 Å². The van der Waals surface area contributed by atoms with E-state index in [0.29, 0.717) is 5.16 Å². The second-order valence-corrected chi connectivity index (χ2v) is 2.46. The van der Waals surface area contributed by atoms with Crippen molar-refractivity contribution in [3.63, 3.8) is 0 Å². The molecule has 0 saturated heterocycles. The molecule has 0 aromatic heterocycles. The molecule has 62 valence electrons. The number of halogens is 1. The maximum absolute atomic E-state index is 10.8. The van der Waals surface area contributed by atoms with E-state index in [2.05, 4.69) is 11.9 Å². The van der Waals surface area contributed by atoms with Crippen LogP contribution in [0.2, 0.25) is 0 Å². The molecular weight excluding hydrogens is 164 g/mol. The lowest BCUT2D eigenvalue weighted by atomic mass is 10.5. The largest absolute Gasteiger partial charge is 0.368 e. The van der Waals surface area contributed by atoms with Crippen molar-refractivity contribution < 1.29 is 4.79 Å². The van der Waals surface area contributed by atoms with Gasteiger partial charge in [0.1, 0.15) is 5.16 Å². The fourth-order valence-corrected chi connectivity index (χ4v) is 0.479. The molecule has 1 N–H and O–H groups in total. The zero-order valence-corrected chi connectivity index (χ0v) is 7.35. The molecule has 0 rings (SSSR count). The summed E-state index contributed by atoms with van der Waals surface area (Å²) < 4.78 is 0. The van der Waals surface area contributed by atoms with Crippen molar-refractivity contribution in [3.8, 4) is 0 Å². The third-order valence-electron chi connectivity index (χ3n) is 0.922. The van der Waals surface area contributed by atoms with E-state index in [-0.39, 0.29) is 5.91 Å². The van der Waals surface area contributed by atoms with E-state index >= 15 is 0 Å². The van der Waals surface area contributed by atoms with Crippen LogP contribution in [0.1, 0.15) is 0 Å². The highest BCUT2D eigenvalue weighted by Gasteiger charge is 1.97. The van der Waals surface area contributed by atoms with Crippen LogP contribution in [0.4, 0.5) is 0 Å². The van der Waals surface area contributed by atoms with Crippen molar-refractivity contribution in [1.82, 2.24) is 10.2 Å². The molecule has 0 aromatic carbocycles. The number of hydrogen-bond donors (Lipinski definition) is 1. The zero-order valence-electron chi connectivity index (χ0n) is 6.60. The lowest BCUT2D eigenvalue weighted by Gasteiger charge is -2.08. The predicted octanol–water partition coefficient (Wildman–Crippen LogP) is 0.888. The first-order valence-electron chi connectivity index (χ1n) is 3.04. The van der Waals surface area contributed by atoms with Crippen LogP contribution in [-0.4, -0.2) is 24.9 Å². The van der Waals surface area contributed by atoms with Gasteiger partial charge in [0.15, 0.2) is 0 Å². The van der Waals surface area contributed by atoms with Gasteiger partial charge in [-0.25, -0.2) is 0 Å². The van der Waals surface area contributed by atoms with Gasteiger partial charge < -0.3 is 10.2 Å². The lowest BCUT2D eigenvalue weighted by molar-refractivity contribution is -0.115. The molecule has 0 atom stereocenters. The van der Waals surface area contributed by atoms with Crippen molar-refractivity contribution >= 4 is 17.5 Å². The van der Waals surface area contributed by atoms with E-state index in [1.807, 2.05) is 0 Å². The van der Waals surface area contributed by atoms with Crippen molar-refractivity contribution in [2.75, 3.05) is 14.1 Å². The molecule has 0 aliphatic heterocycles. The van der Waals surface area contributed by atoms with Crippen LogP contribution in [0.25, 0.3) is 0 Å². The van der Waals surface area contributed by atoms with Crippen molar-refractivity contribution in [2.45, 2.75) is 0 Å². The molecule has 0 aliphatic rings. The molecule has 4 heteroatoms. The van der Waals surface area contributed by atoms with E-state index in [1.165, 1.54) is 12.3 Å². The first-order chi connectivity index (χ1) is 5.07. The average molecular weight is 175 g/mol. The number of hydrogen-bond acceptors (Lipinski definition) is 2. The molecule has 0 radical (unpaired) electrons. The molecule has 0 fully saturated rings. The SMILES string of the molecule is C=CNC(=O)/C=C(/Cl)N(C)C. The van der Waals surface area contributed by atoms with Gasteiger partial charge in [-0.2, -0.15) is 0 Å². The van der Waals surface area contributed by atoms with E-state index in [1.54, 1.807) is 19.0 Å². The third kappa shape index (κ3) is 4.44. The quantitative estimate of drug-likeness (QED) is 0.509. The number of nitrogens with one attached hydrogen (secondary N) is 1. The maximum atomic E-state index is 10.8. The van der Waals surface area contributed by atoms with Gasteiger partial charge >= 0.3 is 0 Å². The number of carbonyl (C=O) groups is 1. The molecule has 11 heavy (non-hydrogen) atoms. The van der Waals surface area contributed by atoms with Gasteiger partial charge in [-0.15, -0.1) is 0 Å². The smallest absolute Gasteiger partial charge is 0.250 e. The predicted molar refractivity (Wildman–Crippen MR) is 46.0 cm³/mol. The second kappa shape index (κ2) is 4.79. The molecule has 0 aromatic rings. The molecule has 0 heterocycles. The van der Waals surface area contributed by atoms with Gasteiger partial charge in [0.2, 0.25) is 0 Å². The highest BCUT2D eigenvalue weighted by Crippen LogP contribution is 2.02. The van der Waals surface area contributed by atoms with Crippen LogP contribution < -0.4 is 5.32 Å². The van der Waals surface area contributed by atoms with Crippen LogP contribution in [0, 0.1) is 0 Å². The molecule has 0 aliphatic carbocycles. The fourth-order valence-electron chi connectivity index (χ4n) is 0.380. The second-order valence-electron chi connectivity index (χ2n) is 2.07. The lowest BCUT2D eigenvalue weighted by Crippen LogP contribution is -2.16. The van der Waals surface area contributed by atoms with Crippen LogP contribution in [0.5, 0.6) is 0 Å². The summed E-state index contributed by atoms with van der Waals surface area (Å²) in [5.74, 6) is -0.279. The summed E-state index contributed by atoms with van der Waals surface area (Å²) in [6, 6.07) is 0. The number of carbonyl (C=O) groups excluding carboxylic acids is 1. The molecule has 1 amide bonds. The van der Waals surface area contributed by atoms with Gasteiger partial charge in [0, 0.05) is 20.2 Å². The van der Waals surface area contributed by atoms with Crippen molar-refractivity contribution in [3.05, 3.63) is 24.0 Å². The van der Waals surface area contributed by atoms with Gasteiger partial charge in [-0.05, 0) is 6.20 Å². The standard InChI is InChI=1S/C7H11ClN2O/c1-4-9-7(11)5-6(8)10(2)3/h4-5H,1H2,2-3H3,(H,9,11)/b6-5-. The summed E-state index contributed by atoms with van der Waals surface area (Å²) in [7, 11) is 3.50. The molecule has 0 saturated carbocycles. The topological polar surface area (TPSA) is 32.3 Å². The molecule has 0 bridgehead atoms. The number of amides is 1. The zero-order chi connectivity index (χ0) is 8.85. The van der Waals surface area contributed by atoms with Gasteiger partial charge in [0.05, 0.1) is 0 Å². The van der Waals surface area contributed by atoms with Crippen LogP contribution in [-0.2, 0) is 4.79 Å². The van der Waals surface area contributed by atoms with E-state index in [0.717, 1.165) is 0 Å². The molecule has 0 unspecified atom stereocenters. The highest BCUT2D eigenvalue weighted by molar-refractivity contribution is 6.30. The van der Waals surface area contributed by atoms with E-state index in [4.69, 9.17) is 11.6 Å². The summed E-state index contributed by atoms with van der Waals surface area (Å²) in [5.41, 5.74) is 0. The Bertz CT molecular complexity index is 187. The van der Waals surface area contributed by atoms with Gasteiger partial charge in [0.25, 0.3) is 5.91 Å². The third-order valence-corrected chi connectivity index (χ3v) is 1.37. The van der Waals surface area contributed by atoms with Crippen LogP contribution in [0.15, 0.2) is 24.0 Å². The minimum Gasteiger partial charge on any atom is -0.368 e. The first kappa shape index (κ1) is 10.0. The number of nitrogens with zero attached hydrogens (tertiary/aromatic N) is 1. The number of rotatable bonds is 3. The highest BCUT2D eigenvalue weighted by atomic mass is 35.5. The average Bonchev–Trinajstić information content (AvgIpc) is 1.87. The van der Waals surface area contributed by atoms with E-state index < -0.39 is 0 Å². The minimum absolute atomic E-state index is 0.279. The molecular formula is C7H11ClN2O. The van der Waals surface area contributed by atoms with Crippen molar-refractivity contribution in [1.29, 1.82) is 0 Å². The fraction of sp³-hybridized carbons (Fsp3) is 0.286. The Kier molecular flexibility index (Phi) is 4.38. The summed E-state index contributed by atoms with van der Waals surface area (Å²) in [6.07, 6.45) is 2.59. The Balaban J connectivity index is 4.07. The Morgan fingerprint density at radius 1 is 1.64 bits per heavy atom. The first-order valence-corrected chi connectivity index (χ1v) is 3.41. The van der Waals surface area contributed by atoms with Gasteiger partial charge in [-0.3, -0.25) is 4.79 Å². The summed E-state index contributed by atoms with van der Waals surface area (Å²) >= 11 is 5.64. The summed E-state index contributed by atoms with van der Waals surface area (Å²) in [6.45, 7) is 3.33. The van der Waals surface area contributed by atoms with Crippen LogP contribution >= 0.6 is 11.6 Å². The molecule has 3 nitrogen and oxygen atoms in total.